The highest BCUT2D eigenvalue weighted by Crippen LogP contribution is 2.34. The van der Waals surface area contributed by atoms with E-state index in [4.69, 9.17) is 0 Å². The van der Waals surface area contributed by atoms with Gasteiger partial charge in [-0.25, -0.2) is 4.39 Å². The Morgan fingerprint density at radius 1 is 1.00 bits per heavy atom. The van der Waals surface area contributed by atoms with E-state index in [1.54, 1.807) is 11.0 Å². The smallest absolute Gasteiger partial charge is 0.255 e. The summed E-state index contributed by atoms with van der Waals surface area (Å²) in [5, 5.41) is 2.34. The standard InChI is InChI=1S/C25H26FN3O3/c26-21-4-2-1-3-18(21)14-28-11-9-16(10-12-28)17-5-6-20-19(13-17)15-29(25(20)32)22-7-8-23(30)27-24(22)31/h1-6,13,16,22H,7-12,14-15H2,(H,27,30,31). The number of amides is 3. The second kappa shape index (κ2) is 8.47. The molecule has 0 aromatic heterocycles. The Hall–Kier alpha value is -3.06. The monoisotopic (exact) mass is 435 g/mol. The first-order valence-electron chi connectivity index (χ1n) is 11.2. The summed E-state index contributed by atoms with van der Waals surface area (Å²) in [6.07, 6.45) is 2.60. The Morgan fingerprint density at radius 2 is 1.78 bits per heavy atom. The molecule has 7 heteroatoms. The van der Waals surface area contributed by atoms with Gasteiger partial charge in [-0.15, -0.1) is 0 Å². The van der Waals surface area contributed by atoms with Gasteiger partial charge in [0.15, 0.2) is 0 Å². The third kappa shape index (κ3) is 3.93. The quantitative estimate of drug-likeness (QED) is 0.750. The van der Waals surface area contributed by atoms with Gasteiger partial charge in [-0.3, -0.25) is 24.6 Å². The van der Waals surface area contributed by atoms with Crippen LogP contribution in [0.25, 0.3) is 0 Å². The maximum Gasteiger partial charge on any atom is 0.255 e. The third-order valence-electron chi connectivity index (χ3n) is 6.96. The van der Waals surface area contributed by atoms with Crippen molar-refractivity contribution in [3.05, 3.63) is 70.5 Å². The molecule has 0 saturated carbocycles. The fourth-order valence-corrected chi connectivity index (χ4v) is 5.14. The van der Waals surface area contributed by atoms with Gasteiger partial charge in [-0.05, 0) is 61.5 Å². The maximum absolute atomic E-state index is 14.0. The van der Waals surface area contributed by atoms with E-state index in [1.165, 1.54) is 11.6 Å². The molecule has 2 saturated heterocycles. The largest absolute Gasteiger partial charge is 0.322 e. The van der Waals surface area contributed by atoms with Crippen LogP contribution < -0.4 is 5.32 Å². The summed E-state index contributed by atoms with van der Waals surface area (Å²) < 4.78 is 14.0. The van der Waals surface area contributed by atoms with Crippen molar-refractivity contribution in [2.75, 3.05) is 13.1 Å². The van der Waals surface area contributed by atoms with E-state index in [2.05, 4.69) is 16.3 Å². The van der Waals surface area contributed by atoms with E-state index in [1.807, 2.05) is 24.3 Å². The van der Waals surface area contributed by atoms with Crippen LogP contribution >= 0.6 is 0 Å². The number of carbonyl (C=O) groups is 3. The van der Waals surface area contributed by atoms with Crippen molar-refractivity contribution >= 4 is 17.7 Å². The number of hydrogen-bond donors (Lipinski definition) is 1. The Kier molecular flexibility index (Phi) is 5.51. The average Bonchev–Trinajstić information content (AvgIpc) is 3.11. The number of nitrogens with zero attached hydrogens (tertiary/aromatic N) is 2. The van der Waals surface area contributed by atoms with Gasteiger partial charge in [0.05, 0.1) is 0 Å². The first-order valence-corrected chi connectivity index (χ1v) is 11.2. The van der Waals surface area contributed by atoms with Crippen LogP contribution in [0.1, 0.15) is 58.6 Å². The van der Waals surface area contributed by atoms with Crippen LogP contribution in [0.3, 0.4) is 0 Å². The van der Waals surface area contributed by atoms with Gasteiger partial charge < -0.3 is 4.90 Å². The lowest BCUT2D eigenvalue weighted by Gasteiger charge is -2.32. The molecule has 2 aromatic rings. The molecule has 166 valence electrons. The van der Waals surface area contributed by atoms with Crippen molar-refractivity contribution in [2.45, 2.75) is 50.7 Å². The summed E-state index contributed by atoms with van der Waals surface area (Å²) in [7, 11) is 0. The van der Waals surface area contributed by atoms with E-state index in [0.29, 0.717) is 31.0 Å². The summed E-state index contributed by atoms with van der Waals surface area (Å²) in [5.74, 6) is -0.556. The normalized spacial score (nSPS) is 22.2. The highest BCUT2D eigenvalue weighted by Gasteiger charge is 2.39. The SMILES string of the molecule is O=C1CCC(N2Cc3cc(C4CCN(Cc5ccccc5F)CC4)ccc3C2=O)C(=O)N1. The second-order valence-corrected chi connectivity index (χ2v) is 8.96. The van der Waals surface area contributed by atoms with Crippen molar-refractivity contribution < 1.29 is 18.8 Å². The first-order chi connectivity index (χ1) is 15.5. The second-order valence-electron chi connectivity index (χ2n) is 8.96. The molecule has 32 heavy (non-hydrogen) atoms. The lowest BCUT2D eigenvalue weighted by molar-refractivity contribution is -0.136. The zero-order valence-corrected chi connectivity index (χ0v) is 17.9. The fraction of sp³-hybridized carbons (Fsp3) is 0.400. The first kappa shape index (κ1) is 20.8. The predicted octanol–water partition coefficient (Wildman–Crippen LogP) is 2.97. The minimum atomic E-state index is -0.585. The number of piperidine rings is 2. The summed E-state index contributed by atoms with van der Waals surface area (Å²) in [6.45, 7) is 2.83. The van der Waals surface area contributed by atoms with Crippen molar-refractivity contribution in [3.63, 3.8) is 0 Å². The van der Waals surface area contributed by atoms with E-state index in [0.717, 1.165) is 37.1 Å². The number of likely N-dealkylation sites (tertiary alicyclic amines) is 1. The zero-order chi connectivity index (χ0) is 22.2. The summed E-state index contributed by atoms with van der Waals surface area (Å²) in [6, 6.07) is 12.4. The van der Waals surface area contributed by atoms with Crippen LogP contribution in [0, 0.1) is 5.82 Å². The van der Waals surface area contributed by atoms with E-state index in [-0.39, 0.29) is 30.0 Å². The molecule has 1 unspecified atom stereocenters. The van der Waals surface area contributed by atoms with Gasteiger partial charge >= 0.3 is 0 Å². The molecule has 0 aliphatic carbocycles. The van der Waals surface area contributed by atoms with Gasteiger partial charge in [-0.1, -0.05) is 30.3 Å². The van der Waals surface area contributed by atoms with Crippen molar-refractivity contribution in [1.82, 2.24) is 15.1 Å². The number of carbonyl (C=O) groups excluding carboxylic acids is 3. The van der Waals surface area contributed by atoms with Crippen LogP contribution in [-0.4, -0.2) is 46.7 Å². The van der Waals surface area contributed by atoms with Crippen LogP contribution in [-0.2, 0) is 22.7 Å². The molecule has 0 radical (unpaired) electrons. The van der Waals surface area contributed by atoms with Gasteiger partial charge in [-0.2, -0.15) is 0 Å². The molecule has 1 atom stereocenters. The Bertz CT molecular complexity index is 1080. The molecule has 2 fully saturated rings. The number of hydrogen-bond acceptors (Lipinski definition) is 4. The average molecular weight is 435 g/mol. The van der Waals surface area contributed by atoms with E-state index in [9.17, 15) is 18.8 Å². The van der Waals surface area contributed by atoms with E-state index >= 15 is 0 Å². The summed E-state index contributed by atoms with van der Waals surface area (Å²) in [5.41, 5.74) is 3.55. The maximum atomic E-state index is 14.0. The molecule has 5 rings (SSSR count). The molecule has 3 amide bonds. The molecular weight excluding hydrogens is 409 g/mol. The number of rotatable bonds is 4. The van der Waals surface area contributed by atoms with Crippen molar-refractivity contribution in [3.8, 4) is 0 Å². The van der Waals surface area contributed by atoms with Crippen LogP contribution in [0.2, 0.25) is 0 Å². The Balaban J connectivity index is 1.23. The number of nitrogens with one attached hydrogen (secondary N) is 1. The molecule has 0 spiro atoms. The number of fused-ring (bicyclic) bond motifs is 1. The van der Waals surface area contributed by atoms with Crippen LogP contribution in [0.5, 0.6) is 0 Å². The Morgan fingerprint density at radius 3 is 2.53 bits per heavy atom. The lowest BCUT2D eigenvalue weighted by atomic mass is 9.87. The van der Waals surface area contributed by atoms with Crippen LogP contribution in [0.4, 0.5) is 4.39 Å². The molecule has 3 aliphatic heterocycles. The zero-order valence-electron chi connectivity index (χ0n) is 17.9. The Labute approximate surface area is 186 Å². The van der Waals surface area contributed by atoms with Crippen molar-refractivity contribution in [2.24, 2.45) is 0 Å². The van der Waals surface area contributed by atoms with Crippen molar-refractivity contribution in [1.29, 1.82) is 0 Å². The highest BCUT2D eigenvalue weighted by atomic mass is 19.1. The number of benzene rings is 2. The summed E-state index contributed by atoms with van der Waals surface area (Å²) >= 11 is 0. The minimum Gasteiger partial charge on any atom is -0.322 e. The number of halogens is 1. The van der Waals surface area contributed by atoms with Gasteiger partial charge in [0.25, 0.3) is 5.91 Å². The summed E-state index contributed by atoms with van der Waals surface area (Å²) in [4.78, 5) is 40.4. The molecule has 3 heterocycles. The van der Waals surface area contributed by atoms with E-state index < -0.39 is 6.04 Å². The van der Waals surface area contributed by atoms with Gasteiger partial charge in [0.2, 0.25) is 11.8 Å². The third-order valence-corrected chi connectivity index (χ3v) is 6.96. The van der Waals surface area contributed by atoms with Gasteiger partial charge in [0.1, 0.15) is 11.9 Å². The minimum absolute atomic E-state index is 0.138. The predicted molar refractivity (Wildman–Crippen MR) is 116 cm³/mol. The fourth-order valence-electron chi connectivity index (χ4n) is 5.14. The van der Waals surface area contributed by atoms with Crippen LogP contribution in [0.15, 0.2) is 42.5 Å². The topological polar surface area (TPSA) is 69.7 Å². The molecule has 1 N–H and O–H groups in total. The molecule has 3 aliphatic rings. The molecule has 6 nitrogen and oxygen atoms in total. The highest BCUT2D eigenvalue weighted by molar-refractivity contribution is 6.05. The molecule has 0 bridgehead atoms. The van der Waals surface area contributed by atoms with Gasteiger partial charge in [0, 0.05) is 30.6 Å². The lowest BCUT2D eigenvalue weighted by Crippen LogP contribution is -2.52. The number of imide groups is 1. The molecule has 2 aromatic carbocycles. The molecular formula is C25H26FN3O3.